The van der Waals surface area contributed by atoms with E-state index in [1.54, 1.807) is 18.7 Å². The lowest BCUT2D eigenvalue weighted by Gasteiger charge is -2.33. The molecule has 1 unspecified atom stereocenters. The third-order valence-corrected chi connectivity index (χ3v) is 4.37. The Morgan fingerprint density at radius 1 is 1.25 bits per heavy atom. The number of hydrogen-bond acceptors (Lipinski definition) is 4. The zero-order valence-corrected chi connectivity index (χ0v) is 14.8. The van der Waals surface area contributed by atoms with Crippen molar-refractivity contribution in [2.75, 3.05) is 20.1 Å². The summed E-state index contributed by atoms with van der Waals surface area (Å²) in [5, 5.41) is 4.49. The number of aryl methyl sites for hydroxylation is 2. The molecule has 0 saturated carbocycles. The molecule has 3 amide bonds. The molecule has 2 aliphatic rings. The van der Waals surface area contributed by atoms with Crippen molar-refractivity contribution in [3.63, 3.8) is 0 Å². The minimum atomic E-state index is -0.563. The first-order valence-electron chi connectivity index (χ1n) is 8.25. The average molecular weight is 331 g/mol. The van der Waals surface area contributed by atoms with E-state index in [-0.39, 0.29) is 11.9 Å². The van der Waals surface area contributed by atoms with Gasteiger partial charge in [-0.05, 0) is 33.3 Å². The molecule has 0 aliphatic carbocycles. The highest BCUT2D eigenvalue weighted by Crippen LogP contribution is 2.21. The van der Waals surface area contributed by atoms with Crippen molar-refractivity contribution < 1.29 is 14.2 Å². The maximum atomic E-state index is 12.9. The molecule has 0 bridgehead atoms. The van der Waals surface area contributed by atoms with Crippen LogP contribution < -0.4 is 0 Å². The van der Waals surface area contributed by atoms with Crippen LogP contribution in [0.2, 0.25) is 0 Å². The monoisotopic (exact) mass is 331 g/mol. The molecule has 1 fully saturated rings. The summed E-state index contributed by atoms with van der Waals surface area (Å²) >= 11 is 0. The zero-order valence-electron chi connectivity index (χ0n) is 14.8. The highest BCUT2D eigenvalue weighted by Gasteiger charge is 2.52. The van der Waals surface area contributed by atoms with E-state index in [9.17, 15) is 9.59 Å². The first-order valence-corrected chi connectivity index (χ1v) is 8.25. The number of aromatic nitrogens is 2. The van der Waals surface area contributed by atoms with Crippen LogP contribution in [0.1, 0.15) is 31.7 Å². The summed E-state index contributed by atoms with van der Waals surface area (Å²) in [6.07, 6.45) is 0.860. The molecule has 1 aromatic heterocycles. The van der Waals surface area contributed by atoms with Gasteiger partial charge in [0.05, 0.1) is 12.2 Å². The Kier molecular flexibility index (Phi) is 3.98. The third kappa shape index (κ3) is 2.24. The van der Waals surface area contributed by atoms with Crippen LogP contribution in [0.4, 0.5) is 4.79 Å². The molecule has 3 heterocycles. The van der Waals surface area contributed by atoms with Gasteiger partial charge in [0.25, 0.3) is 5.91 Å². The molecule has 24 heavy (non-hydrogen) atoms. The highest BCUT2D eigenvalue weighted by atomic mass is 16.2. The number of aliphatic imine (C=N–C) groups is 1. The van der Waals surface area contributed by atoms with Gasteiger partial charge in [-0.15, -0.1) is 9.78 Å². The summed E-state index contributed by atoms with van der Waals surface area (Å²) in [6.45, 7) is 8.74. The number of urea groups is 1. The van der Waals surface area contributed by atoms with Crippen LogP contribution in [0.5, 0.6) is 0 Å². The normalized spacial score (nSPS) is 20.9. The Labute approximate surface area is 141 Å². The fourth-order valence-corrected chi connectivity index (χ4v) is 3.27. The number of amidine groups is 1. The molecule has 0 radical (unpaired) electrons. The van der Waals surface area contributed by atoms with Crippen molar-refractivity contribution in [2.45, 2.75) is 40.2 Å². The molecule has 128 valence electrons. The fraction of sp³-hybridized carbons (Fsp3) is 0.562. The third-order valence-electron chi connectivity index (χ3n) is 4.37. The number of rotatable bonds is 3. The number of amides is 3. The average Bonchev–Trinajstić information content (AvgIpc) is 3.06. The quantitative estimate of drug-likeness (QED) is 0.770. The maximum Gasteiger partial charge on any atom is 0.421 e. The van der Waals surface area contributed by atoms with E-state index in [2.05, 4.69) is 17.0 Å². The second-order valence-electron chi connectivity index (χ2n) is 6.13. The van der Waals surface area contributed by atoms with Gasteiger partial charge >= 0.3 is 12.0 Å². The number of fused-ring (bicyclic) bond motifs is 1. The van der Waals surface area contributed by atoms with E-state index in [4.69, 9.17) is 0 Å². The second kappa shape index (κ2) is 5.85. The molecular formula is C16H23N6O2+. The molecule has 0 aromatic carbocycles. The molecule has 0 spiro atoms. The maximum absolute atomic E-state index is 12.9. The van der Waals surface area contributed by atoms with Crippen LogP contribution in [0.3, 0.4) is 0 Å². The van der Waals surface area contributed by atoms with Crippen LogP contribution in [0.25, 0.3) is 0 Å². The van der Waals surface area contributed by atoms with E-state index in [1.165, 1.54) is 9.80 Å². The Balaban J connectivity index is 2.16. The van der Waals surface area contributed by atoms with Gasteiger partial charge in [-0.2, -0.15) is 0 Å². The molecule has 0 N–H and O–H groups in total. The van der Waals surface area contributed by atoms with Crippen molar-refractivity contribution in [1.29, 1.82) is 0 Å². The Hall–Kier alpha value is -2.51. The van der Waals surface area contributed by atoms with E-state index in [0.29, 0.717) is 24.9 Å². The van der Waals surface area contributed by atoms with E-state index < -0.39 is 6.04 Å². The molecular weight excluding hydrogens is 308 g/mol. The van der Waals surface area contributed by atoms with Gasteiger partial charge in [-0.3, -0.25) is 14.6 Å². The number of hydrogen-bond donors (Lipinski definition) is 0. The zero-order chi connectivity index (χ0) is 17.6. The predicted molar refractivity (Wildman–Crippen MR) is 89.3 cm³/mol. The van der Waals surface area contributed by atoms with E-state index in [1.807, 2.05) is 24.5 Å². The van der Waals surface area contributed by atoms with Gasteiger partial charge in [-0.1, -0.05) is 11.9 Å². The molecule has 1 aromatic rings. The summed E-state index contributed by atoms with van der Waals surface area (Å²) in [6, 6.07) is 1.07. The van der Waals surface area contributed by atoms with Crippen molar-refractivity contribution in [1.82, 2.24) is 19.6 Å². The Morgan fingerprint density at radius 3 is 2.50 bits per heavy atom. The van der Waals surface area contributed by atoms with Crippen LogP contribution in [0.15, 0.2) is 11.1 Å². The number of carbonyl (C=O) groups is 2. The molecule has 8 heteroatoms. The number of carbonyl (C=O) groups excluding carboxylic acids is 2. The molecule has 1 atom stereocenters. The lowest BCUT2D eigenvalue weighted by molar-refractivity contribution is -0.537. The summed E-state index contributed by atoms with van der Waals surface area (Å²) < 4.78 is 3.70. The molecule has 8 nitrogen and oxygen atoms in total. The number of likely N-dealkylation sites (N-methyl/N-ethyl adjacent to an activating group) is 2. The largest absolute Gasteiger partial charge is 0.421 e. The van der Waals surface area contributed by atoms with Gasteiger partial charge in [-0.25, -0.2) is 9.37 Å². The van der Waals surface area contributed by atoms with Gasteiger partial charge < -0.3 is 0 Å². The Bertz CT molecular complexity index is 776. The topological polar surface area (TPSA) is 73.8 Å². The SMILES string of the molecule is CCC[N+]1=C(n2nc(C)cc2C)N=C2C1C(=O)N(CC)C(=O)N2C. The summed E-state index contributed by atoms with van der Waals surface area (Å²) in [7, 11) is 1.66. The van der Waals surface area contributed by atoms with Gasteiger partial charge in [0, 0.05) is 13.6 Å². The molecule has 1 saturated heterocycles. The first-order chi connectivity index (χ1) is 11.4. The molecule has 3 rings (SSSR count). The van der Waals surface area contributed by atoms with Crippen molar-refractivity contribution in [2.24, 2.45) is 4.99 Å². The number of imide groups is 1. The van der Waals surface area contributed by atoms with E-state index >= 15 is 0 Å². The standard InChI is InChI=1S/C16H23N6O2/c1-6-8-21-12-13(19(5)16(24)20(7-2)14(12)23)17-15(21)22-11(4)9-10(3)18-22/h9,12H,6-8H2,1-5H3/q+1. The van der Waals surface area contributed by atoms with Gasteiger partial charge in [0.15, 0.2) is 0 Å². The Morgan fingerprint density at radius 2 is 1.96 bits per heavy atom. The minimum Gasteiger partial charge on any atom is -0.270 e. The van der Waals surface area contributed by atoms with Crippen LogP contribution in [-0.2, 0) is 4.79 Å². The number of nitrogens with zero attached hydrogens (tertiary/aromatic N) is 6. The van der Waals surface area contributed by atoms with Gasteiger partial charge in [0.2, 0.25) is 11.9 Å². The lowest BCUT2D eigenvalue weighted by Crippen LogP contribution is -2.62. The van der Waals surface area contributed by atoms with Crippen molar-refractivity contribution >= 4 is 23.7 Å². The molecule has 2 aliphatic heterocycles. The fourth-order valence-electron chi connectivity index (χ4n) is 3.27. The predicted octanol–water partition coefficient (Wildman–Crippen LogP) is 0.821. The van der Waals surface area contributed by atoms with Crippen LogP contribution in [-0.4, -0.2) is 74.1 Å². The summed E-state index contributed by atoms with van der Waals surface area (Å²) in [4.78, 5) is 32.6. The minimum absolute atomic E-state index is 0.218. The summed E-state index contributed by atoms with van der Waals surface area (Å²) in [5.41, 5.74) is 1.83. The van der Waals surface area contributed by atoms with Gasteiger partial charge in [0.1, 0.15) is 5.69 Å². The van der Waals surface area contributed by atoms with Crippen molar-refractivity contribution in [3.05, 3.63) is 17.5 Å². The van der Waals surface area contributed by atoms with Crippen molar-refractivity contribution in [3.8, 4) is 0 Å². The van der Waals surface area contributed by atoms with E-state index in [0.717, 1.165) is 17.8 Å². The lowest BCUT2D eigenvalue weighted by atomic mass is 10.1. The first kappa shape index (κ1) is 16.4. The highest BCUT2D eigenvalue weighted by molar-refractivity contribution is 6.22. The van der Waals surface area contributed by atoms with Crippen LogP contribution in [0, 0.1) is 13.8 Å². The van der Waals surface area contributed by atoms with Crippen LogP contribution >= 0.6 is 0 Å². The summed E-state index contributed by atoms with van der Waals surface area (Å²) in [5.74, 6) is 0.864. The smallest absolute Gasteiger partial charge is 0.270 e. The second-order valence-corrected chi connectivity index (χ2v) is 6.13.